The molecule has 0 aliphatic carbocycles. The summed E-state index contributed by atoms with van der Waals surface area (Å²) in [4.78, 5) is 5.81. The van der Waals surface area contributed by atoms with E-state index in [1.807, 2.05) is 12.3 Å². The van der Waals surface area contributed by atoms with Crippen LogP contribution in [0, 0.1) is 0 Å². The largest absolute Gasteiger partial charge is 0.493 e. The fourth-order valence-corrected chi connectivity index (χ4v) is 3.87. The van der Waals surface area contributed by atoms with Crippen molar-refractivity contribution < 1.29 is 4.74 Å². The van der Waals surface area contributed by atoms with Gasteiger partial charge in [-0.1, -0.05) is 36.4 Å². The number of ether oxygens (including phenoxy) is 1. The number of nitrogens with one attached hydrogen (secondary N) is 1. The maximum atomic E-state index is 6.01. The molecule has 1 aliphatic rings. The normalized spacial score (nSPS) is 16.3. The highest BCUT2D eigenvalue weighted by Crippen LogP contribution is 2.28. The van der Waals surface area contributed by atoms with E-state index in [1.165, 1.54) is 36.9 Å². The molecule has 0 spiro atoms. The molecule has 1 fully saturated rings. The Morgan fingerprint density at radius 1 is 0.960 bits per heavy atom. The number of nitrogens with zero attached hydrogens (tertiary/aromatic N) is 1. The van der Waals surface area contributed by atoms with Crippen LogP contribution in [0.15, 0.2) is 60.8 Å². The van der Waals surface area contributed by atoms with Crippen molar-refractivity contribution in [1.29, 1.82) is 0 Å². The van der Waals surface area contributed by atoms with Crippen molar-refractivity contribution >= 4 is 10.9 Å². The van der Waals surface area contributed by atoms with Crippen molar-refractivity contribution in [3.8, 4) is 5.75 Å². The fourth-order valence-electron chi connectivity index (χ4n) is 3.87. The van der Waals surface area contributed by atoms with Crippen molar-refractivity contribution in [2.75, 3.05) is 26.2 Å². The Morgan fingerprint density at radius 3 is 2.64 bits per heavy atom. The lowest BCUT2D eigenvalue weighted by Crippen LogP contribution is -2.34. The first-order chi connectivity index (χ1) is 12.4. The fraction of sp³-hybridized carbons (Fsp3) is 0.364. The number of rotatable bonds is 6. The lowest BCUT2D eigenvalue weighted by atomic mass is 9.89. The quantitative estimate of drug-likeness (QED) is 0.655. The van der Waals surface area contributed by atoms with Crippen LogP contribution in [0.1, 0.15) is 30.7 Å². The van der Waals surface area contributed by atoms with Crippen LogP contribution in [0.2, 0.25) is 0 Å². The number of fused-ring (bicyclic) bond motifs is 1. The molecule has 0 amide bonds. The standard InChI is InChI=1S/C22H26N2O/c1-2-6-18(7-3-1)19-11-15-24(16-12-19)14-5-17-25-22-9-4-8-21-20(22)10-13-23-21/h1-4,6-10,13,19,23H,5,11-12,14-17H2. The lowest BCUT2D eigenvalue weighted by Gasteiger charge is -2.32. The van der Waals surface area contributed by atoms with Gasteiger partial charge in [-0.05, 0) is 62.0 Å². The highest BCUT2D eigenvalue weighted by atomic mass is 16.5. The van der Waals surface area contributed by atoms with Gasteiger partial charge in [-0.15, -0.1) is 0 Å². The number of aromatic amines is 1. The summed E-state index contributed by atoms with van der Waals surface area (Å²) in [6, 6.07) is 19.2. The average molecular weight is 334 g/mol. The van der Waals surface area contributed by atoms with E-state index in [1.54, 1.807) is 0 Å². The number of hydrogen-bond acceptors (Lipinski definition) is 2. The summed E-state index contributed by atoms with van der Waals surface area (Å²) in [7, 11) is 0. The van der Waals surface area contributed by atoms with Gasteiger partial charge in [-0.2, -0.15) is 0 Å². The smallest absolute Gasteiger partial charge is 0.128 e. The second-order valence-electron chi connectivity index (χ2n) is 6.92. The van der Waals surface area contributed by atoms with Crippen molar-refractivity contribution in [1.82, 2.24) is 9.88 Å². The molecule has 3 aromatic rings. The molecule has 1 N–H and O–H groups in total. The van der Waals surface area contributed by atoms with Gasteiger partial charge in [-0.25, -0.2) is 0 Å². The monoisotopic (exact) mass is 334 g/mol. The molecule has 1 saturated heterocycles. The number of hydrogen-bond donors (Lipinski definition) is 1. The van der Waals surface area contributed by atoms with Gasteiger partial charge < -0.3 is 14.6 Å². The first-order valence-electron chi connectivity index (χ1n) is 9.36. The van der Waals surface area contributed by atoms with Crippen LogP contribution in [0.5, 0.6) is 5.75 Å². The van der Waals surface area contributed by atoms with Crippen LogP contribution < -0.4 is 4.74 Å². The predicted molar refractivity (Wildman–Crippen MR) is 103 cm³/mol. The third-order valence-corrected chi connectivity index (χ3v) is 5.29. The van der Waals surface area contributed by atoms with Crippen molar-refractivity contribution in [3.05, 3.63) is 66.4 Å². The number of likely N-dealkylation sites (tertiary alicyclic amines) is 1. The molecule has 0 unspecified atom stereocenters. The van der Waals surface area contributed by atoms with Crippen LogP contribution in [0.4, 0.5) is 0 Å². The van der Waals surface area contributed by atoms with E-state index in [9.17, 15) is 0 Å². The van der Waals surface area contributed by atoms with Crippen LogP contribution in [-0.2, 0) is 0 Å². The first kappa shape index (κ1) is 16.2. The predicted octanol–water partition coefficient (Wildman–Crippen LogP) is 4.82. The average Bonchev–Trinajstić information content (AvgIpc) is 3.16. The zero-order chi connectivity index (χ0) is 16.9. The summed E-state index contributed by atoms with van der Waals surface area (Å²) in [6.45, 7) is 4.31. The molecule has 0 atom stereocenters. The van der Waals surface area contributed by atoms with E-state index in [2.05, 4.69) is 58.4 Å². The van der Waals surface area contributed by atoms with E-state index in [0.29, 0.717) is 0 Å². The minimum absolute atomic E-state index is 0.736. The molecule has 25 heavy (non-hydrogen) atoms. The summed E-state index contributed by atoms with van der Waals surface area (Å²) in [5.74, 6) is 1.72. The Bertz CT molecular complexity index is 788. The Balaban J connectivity index is 1.21. The van der Waals surface area contributed by atoms with Gasteiger partial charge in [0.05, 0.1) is 6.61 Å². The molecular weight excluding hydrogens is 308 g/mol. The molecule has 3 nitrogen and oxygen atoms in total. The minimum Gasteiger partial charge on any atom is -0.493 e. The van der Waals surface area contributed by atoms with Crippen LogP contribution in [-0.4, -0.2) is 36.1 Å². The minimum atomic E-state index is 0.736. The summed E-state index contributed by atoms with van der Waals surface area (Å²) < 4.78 is 6.01. The highest BCUT2D eigenvalue weighted by Gasteiger charge is 2.19. The topological polar surface area (TPSA) is 28.3 Å². The van der Waals surface area contributed by atoms with Gasteiger partial charge in [0.1, 0.15) is 5.75 Å². The Kier molecular flexibility index (Phi) is 5.03. The number of H-pyrrole nitrogens is 1. The number of piperidine rings is 1. The second kappa shape index (κ2) is 7.75. The van der Waals surface area contributed by atoms with Crippen molar-refractivity contribution in [2.24, 2.45) is 0 Å². The van der Waals surface area contributed by atoms with E-state index < -0.39 is 0 Å². The van der Waals surface area contributed by atoms with E-state index in [4.69, 9.17) is 4.74 Å². The molecule has 130 valence electrons. The molecular formula is C22H26N2O. The molecule has 2 heterocycles. The third kappa shape index (κ3) is 3.88. The van der Waals surface area contributed by atoms with E-state index >= 15 is 0 Å². The molecule has 2 aromatic carbocycles. The molecule has 1 aromatic heterocycles. The molecule has 1 aliphatic heterocycles. The summed E-state index contributed by atoms with van der Waals surface area (Å²) >= 11 is 0. The molecule has 0 radical (unpaired) electrons. The highest BCUT2D eigenvalue weighted by molar-refractivity contribution is 5.85. The number of aromatic nitrogens is 1. The Morgan fingerprint density at radius 2 is 1.80 bits per heavy atom. The van der Waals surface area contributed by atoms with Crippen LogP contribution in [0.3, 0.4) is 0 Å². The SMILES string of the molecule is c1ccc(C2CCN(CCCOc3cccc4[nH]ccc34)CC2)cc1. The summed E-state index contributed by atoms with van der Waals surface area (Å²) in [6.07, 6.45) is 5.59. The van der Waals surface area contributed by atoms with Crippen LogP contribution in [0.25, 0.3) is 10.9 Å². The Hall–Kier alpha value is -2.26. The third-order valence-electron chi connectivity index (χ3n) is 5.29. The molecule has 4 rings (SSSR count). The van der Waals surface area contributed by atoms with E-state index in [0.717, 1.165) is 36.8 Å². The molecule has 0 bridgehead atoms. The van der Waals surface area contributed by atoms with Gasteiger partial charge in [0, 0.05) is 23.6 Å². The maximum Gasteiger partial charge on any atom is 0.128 e. The van der Waals surface area contributed by atoms with Gasteiger partial charge in [0.2, 0.25) is 0 Å². The van der Waals surface area contributed by atoms with Gasteiger partial charge >= 0.3 is 0 Å². The maximum absolute atomic E-state index is 6.01. The molecule has 3 heteroatoms. The van der Waals surface area contributed by atoms with Gasteiger partial charge in [0.25, 0.3) is 0 Å². The zero-order valence-electron chi connectivity index (χ0n) is 14.7. The van der Waals surface area contributed by atoms with Gasteiger partial charge in [-0.3, -0.25) is 0 Å². The van der Waals surface area contributed by atoms with Crippen LogP contribution >= 0.6 is 0 Å². The second-order valence-corrected chi connectivity index (χ2v) is 6.92. The summed E-state index contributed by atoms with van der Waals surface area (Å²) in [5, 5.41) is 1.17. The zero-order valence-corrected chi connectivity index (χ0v) is 14.7. The van der Waals surface area contributed by atoms with Crippen molar-refractivity contribution in [3.63, 3.8) is 0 Å². The Labute approximate surface area is 149 Å². The lowest BCUT2D eigenvalue weighted by molar-refractivity contribution is 0.193. The first-order valence-corrected chi connectivity index (χ1v) is 9.36. The number of benzene rings is 2. The van der Waals surface area contributed by atoms with E-state index in [-0.39, 0.29) is 0 Å². The van der Waals surface area contributed by atoms with Crippen molar-refractivity contribution in [2.45, 2.75) is 25.2 Å². The van der Waals surface area contributed by atoms with Gasteiger partial charge in [0.15, 0.2) is 0 Å². The molecule has 0 saturated carbocycles. The summed E-state index contributed by atoms with van der Waals surface area (Å²) in [5.41, 5.74) is 2.64.